The molecule has 1 aromatic carbocycles. The Labute approximate surface area is 134 Å². The van der Waals surface area contributed by atoms with Gasteiger partial charge in [-0.15, -0.1) is 0 Å². The Hall–Kier alpha value is -1.36. The molecule has 21 heavy (non-hydrogen) atoms. The molecule has 0 bridgehead atoms. The van der Waals surface area contributed by atoms with E-state index in [1.165, 1.54) is 6.92 Å². The number of amides is 1. The number of carbonyl (C=O) groups is 2. The van der Waals surface area contributed by atoms with Crippen molar-refractivity contribution in [3.63, 3.8) is 0 Å². The number of ketones is 1. The topological polar surface area (TPSA) is 55.4 Å². The molecule has 1 N–H and O–H groups in total. The van der Waals surface area contributed by atoms with Gasteiger partial charge in [-0.25, -0.2) is 0 Å². The van der Waals surface area contributed by atoms with E-state index < -0.39 is 6.10 Å². The van der Waals surface area contributed by atoms with Crippen molar-refractivity contribution in [1.29, 1.82) is 0 Å². The Bertz CT molecular complexity index is 512. The quantitative estimate of drug-likeness (QED) is 0.758. The fourth-order valence-corrected chi connectivity index (χ4v) is 2.28. The van der Waals surface area contributed by atoms with E-state index in [0.29, 0.717) is 11.3 Å². The van der Waals surface area contributed by atoms with Gasteiger partial charge < -0.3 is 10.1 Å². The molecule has 0 aliphatic rings. The summed E-state index contributed by atoms with van der Waals surface area (Å²) >= 11 is 3.34. The second-order valence-corrected chi connectivity index (χ2v) is 5.89. The number of hydrogen-bond donors (Lipinski definition) is 1. The van der Waals surface area contributed by atoms with Crippen LogP contribution in [0, 0.1) is 0 Å². The molecule has 0 aliphatic carbocycles. The minimum Gasteiger partial charge on any atom is -0.480 e. The van der Waals surface area contributed by atoms with Crippen molar-refractivity contribution < 1.29 is 14.3 Å². The summed E-state index contributed by atoms with van der Waals surface area (Å²) in [5.74, 6) is 0.160. The molecule has 0 spiro atoms. The van der Waals surface area contributed by atoms with Crippen molar-refractivity contribution in [2.45, 2.75) is 52.7 Å². The van der Waals surface area contributed by atoms with E-state index in [1.807, 2.05) is 13.8 Å². The maximum Gasteiger partial charge on any atom is 0.260 e. The van der Waals surface area contributed by atoms with Crippen LogP contribution in [0.2, 0.25) is 0 Å². The molecule has 0 saturated heterocycles. The molecule has 0 aromatic heterocycles. The second kappa shape index (κ2) is 8.17. The highest BCUT2D eigenvalue weighted by Crippen LogP contribution is 2.25. The lowest BCUT2D eigenvalue weighted by atomic mass is 10.1. The van der Waals surface area contributed by atoms with Gasteiger partial charge in [0.05, 0.1) is 5.56 Å². The minimum atomic E-state index is -0.655. The third kappa shape index (κ3) is 5.16. The highest BCUT2D eigenvalue weighted by Gasteiger charge is 2.19. The summed E-state index contributed by atoms with van der Waals surface area (Å²) in [6, 6.07) is 5.32. The first-order valence-electron chi connectivity index (χ1n) is 7.16. The lowest BCUT2D eigenvalue weighted by Gasteiger charge is -2.20. The van der Waals surface area contributed by atoms with Crippen molar-refractivity contribution in [3.05, 3.63) is 28.2 Å². The van der Waals surface area contributed by atoms with E-state index in [1.54, 1.807) is 25.1 Å². The molecule has 1 amide bonds. The van der Waals surface area contributed by atoms with Gasteiger partial charge in [0.25, 0.3) is 5.91 Å². The predicted molar refractivity (Wildman–Crippen MR) is 86.7 cm³/mol. The predicted octanol–water partition coefficient (Wildman–Crippen LogP) is 3.72. The lowest BCUT2D eigenvalue weighted by molar-refractivity contribution is -0.128. The monoisotopic (exact) mass is 355 g/mol. The largest absolute Gasteiger partial charge is 0.480 e. The summed E-state index contributed by atoms with van der Waals surface area (Å²) in [6.07, 6.45) is 1.10. The average molecular weight is 356 g/mol. The fraction of sp³-hybridized carbons (Fsp3) is 0.500. The molecular weight excluding hydrogens is 334 g/mol. The third-order valence-corrected chi connectivity index (χ3v) is 3.82. The summed E-state index contributed by atoms with van der Waals surface area (Å²) in [5, 5.41) is 2.94. The molecule has 0 saturated carbocycles. The molecule has 5 heteroatoms. The molecule has 116 valence electrons. The third-order valence-electron chi connectivity index (χ3n) is 3.33. The van der Waals surface area contributed by atoms with Gasteiger partial charge in [-0.05, 0) is 44.9 Å². The van der Waals surface area contributed by atoms with Crippen LogP contribution in [0.25, 0.3) is 0 Å². The molecule has 0 aliphatic heterocycles. The van der Waals surface area contributed by atoms with E-state index in [2.05, 4.69) is 21.2 Å². The van der Waals surface area contributed by atoms with Crippen molar-refractivity contribution in [1.82, 2.24) is 5.32 Å². The van der Waals surface area contributed by atoms with Gasteiger partial charge in [-0.3, -0.25) is 9.59 Å². The Balaban J connectivity index is 2.83. The van der Waals surface area contributed by atoms with Gasteiger partial charge >= 0.3 is 0 Å². The summed E-state index contributed by atoms with van der Waals surface area (Å²) in [6.45, 7) is 7.22. The van der Waals surface area contributed by atoms with Crippen LogP contribution in [0.3, 0.4) is 0 Å². The van der Waals surface area contributed by atoms with Gasteiger partial charge in [0.15, 0.2) is 11.9 Å². The van der Waals surface area contributed by atoms with E-state index in [4.69, 9.17) is 4.74 Å². The standard InChI is InChI=1S/C16H22BrNO3/c1-5-13(6-2)18-16(20)11(4)21-15-9-12(17)7-8-14(15)10(3)19/h7-9,11,13H,5-6H2,1-4H3,(H,18,20). The highest BCUT2D eigenvalue weighted by molar-refractivity contribution is 9.10. The molecule has 0 heterocycles. The number of hydrogen-bond acceptors (Lipinski definition) is 3. The minimum absolute atomic E-state index is 0.0925. The molecule has 0 radical (unpaired) electrons. The van der Waals surface area contributed by atoms with Crippen molar-refractivity contribution in [2.75, 3.05) is 0 Å². The zero-order valence-corrected chi connectivity index (χ0v) is 14.5. The first kappa shape index (κ1) is 17.7. The number of rotatable bonds is 7. The first-order valence-corrected chi connectivity index (χ1v) is 7.95. The van der Waals surface area contributed by atoms with E-state index in [0.717, 1.165) is 17.3 Å². The molecule has 1 rings (SSSR count). The number of nitrogens with one attached hydrogen (secondary N) is 1. The van der Waals surface area contributed by atoms with Crippen LogP contribution in [0.4, 0.5) is 0 Å². The normalized spacial score (nSPS) is 12.1. The molecular formula is C16H22BrNO3. The Morgan fingerprint density at radius 2 is 1.90 bits per heavy atom. The van der Waals surface area contributed by atoms with Gasteiger partial charge in [0.2, 0.25) is 0 Å². The van der Waals surface area contributed by atoms with Crippen LogP contribution >= 0.6 is 15.9 Å². The molecule has 1 atom stereocenters. The summed E-state index contributed by atoms with van der Waals surface area (Å²) < 4.78 is 6.48. The zero-order chi connectivity index (χ0) is 16.0. The maximum atomic E-state index is 12.1. The second-order valence-electron chi connectivity index (χ2n) is 4.98. The lowest BCUT2D eigenvalue weighted by Crippen LogP contribution is -2.42. The molecule has 1 aromatic rings. The van der Waals surface area contributed by atoms with Gasteiger partial charge in [0, 0.05) is 10.5 Å². The zero-order valence-electron chi connectivity index (χ0n) is 12.9. The Kier molecular flexibility index (Phi) is 6.89. The summed E-state index contributed by atoms with van der Waals surface area (Å²) in [4.78, 5) is 23.7. The van der Waals surface area contributed by atoms with Crippen LogP contribution < -0.4 is 10.1 Å². The first-order chi connectivity index (χ1) is 9.88. The Morgan fingerprint density at radius 1 is 1.29 bits per heavy atom. The van der Waals surface area contributed by atoms with E-state index in [9.17, 15) is 9.59 Å². The van der Waals surface area contributed by atoms with Gasteiger partial charge in [-0.2, -0.15) is 0 Å². The van der Waals surface area contributed by atoms with Crippen LogP contribution in [0.5, 0.6) is 5.75 Å². The molecule has 1 unspecified atom stereocenters. The van der Waals surface area contributed by atoms with E-state index >= 15 is 0 Å². The fourth-order valence-electron chi connectivity index (χ4n) is 1.94. The van der Waals surface area contributed by atoms with Crippen LogP contribution in [-0.2, 0) is 4.79 Å². The summed E-state index contributed by atoms with van der Waals surface area (Å²) in [5.41, 5.74) is 0.473. The van der Waals surface area contributed by atoms with Crippen molar-refractivity contribution in [3.8, 4) is 5.75 Å². The Morgan fingerprint density at radius 3 is 2.43 bits per heavy atom. The van der Waals surface area contributed by atoms with Gasteiger partial charge in [0.1, 0.15) is 5.75 Å². The molecule has 4 nitrogen and oxygen atoms in total. The smallest absolute Gasteiger partial charge is 0.260 e. The highest BCUT2D eigenvalue weighted by atomic mass is 79.9. The van der Waals surface area contributed by atoms with Crippen LogP contribution in [0.1, 0.15) is 50.9 Å². The van der Waals surface area contributed by atoms with Crippen LogP contribution in [-0.4, -0.2) is 23.8 Å². The number of benzene rings is 1. The summed E-state index contributed by atoms with van der Waals surface area (Å²) in [7, 11) is 0. The number of halogens is 1. The van der Waals surface area contributed by atoms with Crippen molar-refractivity contribution in [2.24, 2.45) is 0 Å². The molecule has 0 fully saturated rings. The van der Waals surface area contributed by atoms with Crippen molar-refractivity contribution >= 4 is 27.6 Å². The number of Topliss-reactive ketones (excluding diaryl/α,β-unsaturated/α-hetero) is 1. The van der Waals surface area contributed by atoms with E-state index in [-0.39, 0.29) is 17.7 Å². The SMILES string of the molecule is CCC(CC)NC(=O)C(C)Oc1cc(Br)ccc1C(C)=O. The number of ether oxygens (including phenoxy) is 1. The number of carbonyl (C=O) groups excluding carboxylic acids is 2. The average Bonchev–Trinajstić information content (AvgIpc) is 2.44. The van der Waals surface area contributed by atoms with Gasteiger partial charge in [-0.1, -0.05) is 29.8 Å². The van der Waals surface area contributed by atoms with Crippen LogP contribution in [0.15, 0.2) is 22.7 Å². The maximum absolute atomic E-state index is 12.1.